The monoisotopic (exact) mass is 267 g/mol. The quantitative estimate of drug-likeness (QED) is 0.928. The maximum absolute atomic E-state index is 6.32. The molecule has 1 saturated heterocycles. The van der Waals surface area contributed by atoms with Gasteiger partial charge in [0.15, 0.2) is 0 Å². The average Bonchev–Trinajstić information content (AvgIpc) is 2.81. The molecule has 104 valence electrons. The predicted octanol–water partition coefficient (Wildman–Crippen LogP) is 2.32. The summed E-state index contributed by atoms with van der Waals surface area (Å²) in [6, 6.07) is 15.0. The number of hydrogen-bond acceptors (Lipinski definition) is 3. The SMILES string of the molecule is Cc1ccc([C@H]2CN(Cc3ccccc3)C[C@@H]2N)cn1. The summed E-state index contributed by atoms with van der Waals surface area (Å²) in [4.78, 5) is 6.83. The Bertz CT molecular complexity index is 550. The topological polar surface area (TPSA) is 42.1 Å². The molecule has 2 aromatic rings. The second-order valence-corrected chi connectivity index (χ2v) is 5.68. The van der Waals surface area contributed by atoms with E-state index >= 15 is 0 Å². The van der Waals surface area contributed by atoms with E-state index in [4.69, 9.17) is 5.73 Å². The van der Waals surface area contributed by atoms with Crippen LogP contribution < -0.4 is 5.73 Å². The van der Waals surface area contributed by atoms with Gasteiger partial charge in [0, 0.05) is 43.5 Å². The van der Waals surface area contributed by atoms with Crippen molar-refractivity contribution in [1.29, 1.82) is 0 Å². The van der Waals surface area contributed by atoms with Crippen molar-refractivity contribution in [2.75, 3.05) is 13.1 Å². The van der Waals surface area contributed by atoms with E-state index in [9.17, 15) is 0 Å². The fraction of sp³-hybridized carbons (Fsp3) is 0.353. The number of likely N-dealkylation sites (tertiary alicyclic amines) is 1. The van der Waals surface area contributed by atoms with Crippen LogP contribution in [-0.2, 0) is 6.54 Å². The van der Waals surface area contributed by atoms with Crippen LogP contribution in [0.2, 0.25) is 0 Å². The number of nitrogens with zero attached hydrogens (tertiary/aromatic N) is 2. The van der Waals surface area contributed by atoms with Crippen LogP contribution in [-0.4, -0.2) is 29.0 Å². The Kier molecular flexibility index (Phi) is 3.81. The molecule has 3 rings (SSSR count). The van der Waals surface area contributed by atoms with Gasteiger partial charge in [0.2, 0.25) is 0 Å². The van der Waals surface area contributed by atoms with E-state index in [0.29, 0.717) is 5.92 Å². The average molecular weight is 267 g/mol. The third-order valence-corrected chi connectivity index (χ3v) is 4.05. The molecule has 1 aromatic heterocycles. The van der Waals surface area contributed by atoms with Gasteiger partial charge >= 0.3 is 0 Å². The molecular formula is C17H21N3. The third-order valence-electron chi connectivity index (χ3n) is 4.05. The van der Waals surface area contributed by atoms with Gasteiger partial charge in [0.25, 0.3) is 0 Å². The second-order valence-electron chi connectivity index (χ2n) is 5.68. The van der Waals surface area contributed by atoms with Crippen molar-refractivity contribution in [1.82, 2.24) is 9.88 Å². The van der Waals surface area contributed by atoms with E-state index in [1.165, 1.54) is 11.1 Å². The zero-order valence-electron chi connectivity index (χ0n) is 11.9. The van der Waals surface area contributed by atoms with Gasteiger partial charge in [-0.25, -0.2) is 0 Å². The molecule has 0 aliphatic carbocycles. The minimum Gasteiger partial charge on any atom is -0.326 e. The zero-order valence-corrected chi connectivity index (χ0v) is 11.9. The zero-order chi connectivity index (χ0) is 13.9. The second kappa shape index (κ2) is 5.73. The molecular weight excluding hydrogens is 246 g/mol. The minimum absolute atomic E-state index is 0.197. The molecule has 1 aromatic carbocycles. The summed E-state index contributed by atoms with van der Waals surface area (Å²) in [5, 5.41) is 0. The van der Waals surface area contributed by atoms with Crippen LogP contribution in [0.4, 0.5) is 0 Å². The standard InChI is InChI=1S/C17H21N3/c1-13-7-8-15(9-19-13)16-11-20(12-17(16)18)10-14-5-3-2-4-6-14/h2-9,16-17H,10-12,18H2,1H3/t16-,17+/m1/s1. The van der Waals surface area contributed by atoms with Crippen LogP contribution in [0, 0.1) is 6.92 Å². The number of pyridine rings is 1. The first-order valence-electron chi connectivity index (χ1n) is 7.17. The summed E-state index contributed by atoms with van der Waals surface area (Å²) in [7, 11) is 0. The maximum atomic E-state index is 6.32. The summed E-state index contributed by atoms with van der Waals surface area (Å²) in [5.74, 6) is 0.395. The van der Waals surface area contributed by atoms with Gasteiger partial charge in [-0.05, 0) is 24.1 Å². The first-order chi connectivity index (χ1) is 9.72. The molecule has 0 unspecified atom stereocenters. The summed E-state index contributed by atoms with van der Waals surface area (Å²) in [5.41, 5.74) is 9.99. The van der Waals surface area contributed by atoms with E-state index in [1.54, 1.807) is 0 Å². The van der Waals surface area contributed by atoms with Gasteiger partial charge < -0.3 is 5.73 Å². The van der Waals surface area contributed by atoms with Gasteiger partial charge in [-0.1, -0.05) is 36.4 Å². The molecule has 2 N–H and O–H groups in total. The highest BCUT2D eigenvalue weighted by Gasteiger charge is 2.31. The van der Waals surface area contributed by atoms with Gasteiger partial charge in [0.1, 0.15) is 0 Å². The molecule has 0 saturated carbocycles. The number of aryl methyl sites for hydroxylation is 1. The van der Waals surface area contributed by atoms with Gasteiger partial charge in [0.05, 0.1) is 0 Å². The first kappa shape index (κ1) is 13.3. The van der Waals surface area contributed by atoms with Crippen LogP contribution in [0.5, 0.6) is 0 Å². The van der Waals surface area contributed by atoms with Crippen molar-refractivity contribution >= 4 is 0 Å². The summed E-state index contributed by atoms with van der Waals surface area (Å²) < 4.78 is 0. The van der Waals surface area contributed by atoms with Crippen molar-refractivity contribution in [3.63, 3.8) is 0 Å². The van der Waals surface area contributed by atoms with Crippen LogP contribution in [0.25, 0.3) is 0 Å². The third kappa shape index (κ3) is 2.89. The van der Waals surface area contributed by atoms with Crippen LogP contribution in [0.3, 0.4) is 0 Å². The number of nitrogens with two attached hydrogens (primary N) is 1. The molecule has 0 radical (unpaired) electrons. The molecule has 20 heavy (non-hydrogen) atoms. The number of aromatic nitrogens is 1. The Balaban J connectivity index is 1.69. The molecule has 0 spiro atoms. The van der Waals surface area contributed by atoms with Crippen molar-refractivity contribution < 1.29 is 0 Å². The largest absolute Gasteiger partial charge is 0.326 e. The van der Waals surface area contributed by atoms with E-state index in [2.05, 4.69) is 52.3 Å². The summed E-state index contributed by atoms with van der Waals surface area (Å²) in [6.45, 7) is 4.96. The highest BCUT2D eigenvalue weighted by molar-refractivity contribution is 5.23. The van der Waals surface area contributed by atoms with Crippen molar-refractivity contribution in [2.24, 2.45) is 5.73 Å². The molecule has 2 atom stereocenters. The van der Waals surface area contributed by atoms with Gasteiger partial charge in [-0.3, -0.25) is 9.88 Å². The number of rotatable bonds is 3. The summed E-state index contributed by atoms with van der Waals surface area (Å²) in [6.07, 6.45) is 1.98. The lowest BCUT2D eigenvalue weighted by molar-refractivity contribution is 0.324. The Labute approximate surface area is 120 Å². The van der Waals surface area contributed by atoms with Crippen LogP contribution in [0.1, 0.15) is 22.7 Å². The van der Waals surface area contributed by atoms with Crippen LogP contribution >= 0.6 is 0 Å². The van der Waals surface area contributed by atoms with Crippen molar-refractivity contribution in [3.05, 3.63) is 65.5 Å². The van der Waals surface area contributed by atoms with E-state index in [0.717, 1.165) is 25.3 Å². The highest BCUT2D eigenvalue weighted by atomic mass is 15.2. The maximum Gasteiger partial charge on any atom is 0.0372 e. The molecule has 1 aliphatic rings. The lowest BCUT2D eigenvalue weighted by atomic mass is 9.96. The fourth-order valence-corrected chi connectivity index (χ4v) is 2.94. The van der Waals surface area contributed by atoms with Crippen molar-refractivity contribution in [3.8, 4) is 0 Å². The molecule has 2 heterocycles. The van der Waals surface area contributed by atoms with Gasteiger partial charge in [-0.2, -0.15) is 0 Å². The Morgan fingerprint density at radius 2 is 1.95 bits per heavy atom. The lowest BCUT2D eigenvalue weighted by Gasteiger charge is -2.16. The van der Waals surface area contributed by atoms with Gasteiger partial charge in [-0.15, -0.1) is 0 Å². The van der Waals surface area contributed by atoms with E-state index in [1.807, 2.05) is 13.1 Å². The van der Waals surface area contributed by atoms with E-state index < -0.39 is 0 Å². The van der Waals surface area contributed by atoms with Crippen LogP contribution in [0.15, 0.2) is 48.7 Å². The molecule has 0 bridgehead atoms. The smallest absolute Gasteiger partial charge is 0.0372 e. The van der Waals surface area contributed by atoms with E-state index in [-0.39, 0.29) is 6.04 Å². The highest BCUT2D eigenvalue weighted by Crippen LogP contribution is 2.27. The normalized spacial score (nSPS) is 23.1. The summed E-state index contributed by atoms with van der Waals surface area (Å²) >= 11 is 0. The molecule has 3 heteroatoms. The lowest BCUT2D eigenvalue weighted by Crippen LogP contribution is -2.28. The Morgan fingerprint density at radius 1 is 1.15 bits per heavy atom. The number of hydrogen-bond donors (Lipinski definition) is 1. The molecule has 3 nitrogen and oxygen atoms in total. The Hall–Kier alpha value is -1.71. The molecule has 1 aliphatic heterocycles. The molecule has 0 amide bonds. The minimum atomic E-state index is 0.197. The number of benzene rings is 1. The fourth-order valence-electron chi connectivity index (χ4n) is 2.94. The predicted molar refractivity (Wildman–Crippen MR) is 81.4 cm³/mol. The molecule has 1 fully saturated rings. The first-order valence-corrected chi connectivity index (χ1v) is 7.17. The van der Waals surface area contributed by atoms with Crippen molar-refractivity contribution in [2.45, 2.75) is 25.4 Å². The Morgan fingerprint density at radius 3 is 2.65 bits per heavy atom.